The number of nitrogens with one attached hydrogen (secondary N) is 1. The van der Waals surface area contributed by atoms with Crippen molar-refractivity contribution in [1.29, 1.82) is 0 Å². The van der Waals surface area contributed by atoms with E-state index in [4.69, 9.17) is 39.4 Å². The molecule has 0 aliphatic carbocycles. The van der Waals surface area contributed by atoms with Gasteiger partial charge in [-0.3, -0.25) is 29.4 Å². The van der Waals surface area contributed by atoms with Gasteiger partial charge in [-0.25, -0.2) is 0 Å². The van der Waals surface area contributed by atoms with Crippen molar-refractivity contribution in [2.24, 2.45) is 15.7 Å². The number of methoxy groups -OCH3 is 2. The number of hydrogen-bond acceptors (Lipinski definition) is 12. The standard InChI is InChI=1S/C49H51N7O8/c1-30-18-31-8-5-6-9-33(31)26-55(30)48(58)39-21-43(60-3)45(23-41(39)51-2)63-28-36-10-7-11-37(53-36)29-64-46-24-42-40(22-44(46)61-4)49(59)56-27-34-19-35(54-47(57)14-16-62-17-15-50)13-12-32(34)20-38(56)25-52-42/h5-13,19,21-25,30,38H,2,14-18,20,26-29,50H2,1,3-4H3,(H,54,57)/t30-,38+/m1/s1. The smallest absolute Gasteiger partial charge is 0.257 e. The Morgan fingerprint density at radius 1 is 0.828 bits per heavy atom. The first kappa shape index (κ1) is 43.5. The van der Waals surface area contributed by atoms with Crippen molar-refractivity contribution in [3.05, 3.63) is 130 Å². The van der Waals surface area contributed by atoms with Crippen LogP contribution in [0.1, 0.15) is 67.7 Å². The Morgan fingerprint density at radius 3 is 2.28 bits per heavy atom. The number of carbonyl (C=O) groups excluding carboxylic acids is 3. The van der Waals surface area contributed by atoms with E-state index in [1.165, 1.54) is 19.8 Å². The van der Waals surface area contributed by atoms with Gasteiger partial charge in [-0.15, -0.1) is 0 Å². The van der Waals surface area contributed by atoms with Gasteiger partial charge in [-0.2, -0.15) is 0 Å². The van der Waals surface area contributed by atoms with Crippen molar-refractivity contribution in [2.75, 3.05) is 39.3 Å². The van der Waals surface area contributed by atoms with Gasteiger partial charge in [-0.05, 0) is 85.1 Å². The van der Waals surface area contributed by atoms with Gasteiger partial charge in [0.1, 0.15) is 13.2 Å². The molecule has 5 aromatic rings. The number of nitrogens with zero attached hydrogens (tertiary/aromatic N) is 5. The predicted molar refractivity (Wildman–Crippen MR) is 243 cm³/mol. The van der Waals surface area contributed by atoms with E-state index < -0.39 is 0 Å². The lowest BCUT2D eigenvalue weighted by atomic mass is 9.93. The molecule has 0 radical (unpaired) electrons. The van der Waals surface area contributed by atoms with Gasteiger partial charge in [0, 0.05) is 49.7 Å². The average Bonchev–Trinajstić information content (AvgIpc) is 3.44. The SMILES string of the molecule is C=Nc1cc(OCc2cccc(COc3cc4c(cc3OC)C(=O)N3Cc5cc(NC(=O)CCOCCN)ccc5C[C@H]3C=N4)n2)c(OC)cc1C(=O)N1Cc2ccccc2C[C@H]1C. The fourth-order valence-corrected chi connectivity index (χ4v) is 8.26. The zero-order chi connectivity index (χ0) is 44.7. The van der Waals surface area contributed by atoms with E-state index in [2.05, 4.69) is 29.2 Å². The van der Waals surface area contributed by atoms with Gasteiger partial charge in [0.2, 0.25) is 5.91 Å². The Balaban J connectivity index is 0.919. The van der Waals surface area contributed by atoms with Gasteiger partial charge >= 0.3 is 0 Å². The van der Waals surface area contributed by atoms with E-state index in [0.717, 1.165) is 23.1 Å². The third kappa shape index (κ3) is 9.45. The Labute approximate surface area is 371 Å². The summed E-state index contributed by atoms with van der Waals surface area (Å²) in [5, 5.41) is 2.92. The summed E-state index contributed by atoms with van der Waals surface area (Å²) >= 11 is 0. The molecule has 3 aliphatic heterocycles. The lowest BCUT2D eigenvalue weighted by molar-refractivity contribution is -0.117. The third-order valence-corrected chi connectivity index (χ3v) is 11.6. The van der Waals surface area contributed by atoms with Crippen molar-refractivity contribution in [3.63, 3.8) is 0 Å². The summed E-state index contributed by atoms with van der Waals surface area (Å²) in [6.45, 7) is 7.91. The minimum absolute atomic E-state index is 0.000277. The molecular weight excluding hydrogens is 815 g/mol. The fraction of sp³-hybridized carbons (Fsp3) is 0.306. The van der Waals surface area contributed by atoms with Crippen molar-refractivity contribution >= 4 is 47.7 Å². The van der Waals surface area contributed by atoms with Crippen molar-refractivity contribution in [1.82, 2.24) is 14.8 Å². The molecule has 0 bridgehead atoms. The molecule has 0 unspecified atom stereocenters. The van der Waals surface area contributed by atoms with E-state index in [0.29, 0.717) is 95.2 Å². The second-order valence-corrected chi connectivity index (χ2v) is 15.8. The molecule has 15 nitrogen and oxygen atoms in total. The Bertz CT molecular complexity index is 2610. The van der Waals surface area contributed by atoms with Crippen molar-refractivity contribution < 1.29 is 38.1 Å². The summed E-state index contributed by atoms with van der Waals surface area (Å²) < 4.78 is 29.2. The number of fused-ring (bicyclic) bond motifs is 4. The molecule has 3 aliphatic rings. The van der Waals surface area contributed by atoms with Crippen LogP contribution in [0.15, 0.2) is 94.9 Å². The minimum Gasteiger partial charge on any atom is -0.493 e. The Morgan fingerprint density at radius 2 is 1.55 bits per heavy atom. The molecule has 330 valence electrons. The number of aliphatic imine (C=N–C) groups is 2. The van der Waals surface area contributed by atoms with E-state index >= 15 is 0 Å². The maximum atomic E-state index is 14.1. The van der Waals surface area contributed by atoms with Crippen LogP contribution in [0.25, 0.3) is 0 Å². The molecule has 1 aromatic heterocycles. The number of ether oxygens (including phenoxy) is 5. The Hall–Kier alpha value is -7.10. The molecule has 0 fully saturated rings. The largest absolute Gasteiger partial charge is 0.493 e. The summed E-state index contributed by atoms with van der Waals surface area (Å²) in [4.78, 5) is 57.9. The van der Waals surface area contributed by atoms with Gasteiger partial charge < -0.3 is 44.5 Å². The first-order valence-electron chi connectivity index (χ1n) is 21.2. The highest BCUT2D eigenvalue weighted by molar-refractivity contribution is 6.04. The summed E-state index contributed by atoms with van der Waals surface area (Å²) in [6.07, 6.45) is 3.35. The van der Waals surface area contributed by atoms with Crippen LogP contribution in [0.3, 0.4) is 0 Å². The highest BCUT2D eigenvalue weighted by Gasteiger charge is 2.34. The molecular formula is C49H51N7O8. The third-order valence-electron chi connectivity index (χ3n) is 11.6. The molecule has 8 rings (SSSR count). The topological polar surface area (TPSA) is 179 Å². The number of hydrogen-bond donors (Lipinski definition) is 2. The van der Waals surface area contributed by atoms with Crippen LogP contribution in [-0.2, 0) is 48.7 Å². The van der Waals surface area contributed by atoms with Gasteiger partial charge in [0.25, 0.3) is 11.8 Å². The molecule has 0 spiro atoms. The first-order valence-corrected chi connectivity index (χ1v) is 21.2. The number of benzene rings is 4. The zero-order valence-corrected chi connectivity index (χ0v) is 36.2. The number of anilines is 1. The summed E-state index contributed by atoms with van der Waals surface area (Å²) in [5.41, 5.74) is 13.4. The number of rotatable bonds is 16. The Kier molecular flexibility index (Phi) is 13.3. The second-order valence-electron chi connectivity index (χ2n) is 15.8. The maximum Gasteiger partial charge on any atom is 0.257 e. The average molecular weight is 866 g/mol. The lowest BCUT2D eigenvalue weighted by Crippen LogP contribution is -2.44. The molecule has 3 N–H and O–H groups in total. The van der Waals surface area contributed by atoms with E-state index in [1.807, 2.05) is 60.4 Å². The number of aromatic nitrogens is 1. The van der Waals surface area contributed by atoms with Crippen molar-refractivity contribution in [2.45, 2.75) is 64.6 Å². The predicted octanol–water partition coefficient (Wildman–Crippen LogP) is 6.76. The van der Waals surface area contributed by atoms with Crippen LogP contribution in [0, 0.1) is 0 Å². The van der Waals surface area contributed by atoms with Gasteiger partial charge in [0.15, 0.2) is 23.0 Å². The number of nitrogens with two attached hydrogens (primary N) is 1. The molecule has 4 heterocycles. The maximum absolute atomic E-state index is 14.1. The zero-order valence-electron chi connectivity index (χ0n) is 36.2. The van der Waals surface area contributed by atoms with E-state index in [9.17, 15) is 14.4 Å². The van der Waals surface area contributed by atoms with Crippen LogP contribution in [0.2, 0.25) is 0 Å². The number of amides is 3. The fourth-order valence-electron chi connectivity index (χ4n) is 8.26. The summed E-state index contributed by atoms with van der Waals surface area (Å²) in [7, 11) is 3.05. The normalized spacial score (nSPS) is 16.1. The minimum atomic E-state index is -0.265. The molecule has 3 amide bonds. The van der Waals surface area contributed by atoms with E-state index in [-0.39, 0.29) is 56.0 Å². The molecule has 4 aromatic carbocycles. The van der Waals surface area contributed by atoms with Crippen LogP contribution in [-0.4, -0.2) is 91.5 Å². The lowest BCUT2D eigenvalue weighted by Gasteiger charge is -2.35. The highest BCUT2D eigenvalue weighted by Crippen LogP contribution is 2.40. The van der Waals surface area contributed by atoms with Crippen LogP contribution >= 0.6 is 0 Å². The second kappa shape index (κ2) is 19.5. The van der Waals surface area contributed by atoms with Crippen LogP contribution in [0.5, 0.6) is 23.0 Å². The molecule has 15 heteroatoms. The summed E-state index contributed by atoms with van der Waals surface area (Å²) in [5.74, 6) is 1.04. The molecule has 2 atom stereocenters. The number of pyridine rings is 1. The highest BCUT2D eigenvalue weighted by atomic mass is 16.5. The van der Waals surface area contributed by atoms with Crippen LogP contribution < -0.4 is 30.0 Å². The van der Waals surface area contributed by atoms with E-state index in [1.54, 1.807) is 35.4 Å². The van der Waals surface area contributed by atoms with Crippen LogP contribution in [0.4, 0.5) is 17.1 Å². The molecule has 0 saturated heterocycles. The van der Waals surface area contributed by atoms with Gasteiger partial charge in [-0.1, -0.05) is 36.4 Å². The van der Waals surface area contributed by atoms with Gasteiger partial charge in [0.05, 0.1) is 73.8 Å². The quantitative estimate of drug-likeness (QED) is 0.0795. The molecule has 0 saturated carbocycles. The number of carbonyl (C=O) groups is 3. The molecule has 64 heavy (non-hydrogen) atoms. The summed E-state index contributed by atoms with van der Waals surface area (Å²) in [6, 6.07) is 25.9. The first-order chi connectivity index (χ1) is 31.2. The van der Waals surface area contributed by atoms with Crippen molar-refractivity contribution in [3.8, 4) is 23.0 Å². The monoisotopic (exact) mass is 865 g/mol.